The van der Waals surface area contributed by atoms with Gasteiger partial charge < -0.3 is 15.0 Å². The number of fused-ring (bicyclic) bond motifs is 1. The van der Waals surface area contributed by atoms with Crippen LogP contribution in [0.25, 0.3) is 0 Å². The smallest absolute Gasteiger partial charge is 0.410 e. The summed E-state index contributed by atoms with van der Waals surface area (Å²) in [4.78, 5) is 13.9. The van der Waals surface area contributed by atoms with Gasteiger partial charge in [0.05, 0.1) is 6.04 Å². The van der Waals surface area contributed by atoms with Crippen LogP contribution < -0.4 is 5.73 Å². The average molecular weight is 251 g/mol. The molecule has 1 aromatic rings. The molecule has 5 heteroatoms. The summed E-state index contributed by atoms with van der Waals surface area (Å²) < 4.78 is 7.46. The van der Waals surface area contributed by atoms with Gasteiger partial charge in [-0.15, -0.1) is 0 Å². The maximum absolute atomic E-state index is 12.1. The van der Waals surface area contributed by atoms with Crippen LogP contribution in [0.5, 0.6) is 0 Å². The van der Waals surface area contributed by atoms with Gasteiger partial charge >= 0.3 is 6.09 Å². The van der Waals surface area contributed by atoms with E-state index in [-0.39, 0.29) is 12.1 Å². The number of carbonyl (C=O) groups excluding carboxylic acids is 1. The molecule has 1 aliphatic rings. The Labute approximate surface area is 108 Å². The number of nitrogens with two attached hydrogens (primary N) is 1. The molecule has 0 aliphatic carbocycles. The van der Waals surface area contributed by atoms with Crippen LogP contribution in [0.15, 0.2) is 12.1 Å². The molecule has 0 fully saturated rings. The van der Waals surface area contributed by atoms with Crippen molar-refractivity contribution >= 4 is 11.9 Å². The van der Waals surface area contributed by atoms with Crippen molar-refractivity contribution in [2.45, 2.75) is 45.9 Å². The quantitative estimate of drug-likeness (QED) is 0.770. The number of ether oxygens (including phenoxy) is 1. The van der Waals surface area contributed by atoms with E-state index >= 15 is 0 Å². The summed E-state index contributed by atoms with van der Waals surface area (Å²) in [5.41, 5.74) is 6.47. The first-order valence-electron chi connectivity index (χ1n) is 6.24. The van der Waals surface area contributed by atoms with E-state index in [4.69, 9.17) is 10.5 Å². The van der Waals surface area contributed by atoms with Gasteiger partial charge in [-0.3, -0.25) is 4.90 Å². The third kappa shape index (κ3) is 2.30. The molecule has 2 heterocycles. The summed E-state index contributed by atoms with van der Waals surface area (Å²) in [7, 11) is 0. The summed E-state index contributed by atoms with van der Waals surface area (Å²) >= 11 is 0. The maximum atomic E-state index is 12.1. The standard InChI is InChI=1S/C13H21N3O2/c1-9-10-5-6-11(14)16(10)8-7-15(9)12(17)18-13(2,3)4/h5-6,9H,7-8,14H2,1-4H3. The van der Waals surface area contributed by atoms with Crippen molar-refractivity contribution in [1.82, 2.24) is 9.47 Å². The highest BCUT2D eigenvalue weighted by molar-refractivity contribution is 5.69. The van der Waals surface area contributed by atoms with Gasteiger partial charge in [-0.05, 0) is 39.8 Å². The molecule has 0 saturated carbocycles. The number of anilines is 1. The number of hydrogen-bond acceptors (Lipinski definition) is 3. The summed E-state index contributed by atoms with van der Waals surface area (Å²) in [5, 5.41) is 0. The fraction of sp³-hybridized carbons (Fsp3) is 0.615. The van der Waals surface area contributed by atoms with E-state index in [1.54, 1.807) is 4.90 Å². The van der Waals surface area contributed by atoms with Gasteiger partial charge in [0, 0.05) is 18.8 Å². The van der Waals surface area contributed by atoms with Crippen LogP contribution in [0.4, 0.5) is 10.6 Å². The Balaban J connectivity index is 2.17. The van der Waals surface area contributed by atoms with E-state index in [1.165, 1.54) is 0 Å². The third-order valence-corrected chi connectivity index (χ3v) is 3.14. The first-order chi connectivity index (χ1) is 8.29. The topological polar surface area (TPSA) is 60.5 Å². The molecule has 100 valence electrons. The Bertz CT molecular complexity index is 459. The van der Waals surface area contributed by atoms with Crippen LogP contribution in [0.3, 0.4) is 0 Å². The molecule has 1 atom stereocenters. The minimum absolute atomic E-state index is 0.00843. The van der Waals surface area contributed by atoms with Crippen molar-refractivity contribution in [2.24, 2.45) is 0 Å². The number of nitrogen functional groups attached to an aromatic ring is 1. The molecule has 5 nitrogen and oxygen atoms in total. The molecule has 18 heavy (non-hydrogen) atoms. The number of hydrogen-bond donors (Lipinski definition) is 1. The minimum Gasteiger partial charge on any atom is -0.444 e. The second kappa shape index (κ2) is 4.23. The zero-order valence-corrected chi connectivity index (χ0v) is 11.4. The highest BCUT2D eigenvalue weighted by atomic mass is 16.6. The Morgan fingerprint density at radius 2 is 2.06 bits per heavy atom. The molecule has 0 saturated heterocycles. The molecule has 0 bridgehead atoms. The van der Waals surface area contributed by atoms with Gasteiger partial charge in [0.2, 0.25) is 0 Å². The number of aromatic nitrogens is 1. The SMILES string of the molecule is CC1c2ccc(N)n2CCN1C(=O)OC(C)(C)C. The van der Waals surface area contributed by atoms with Gasteiger partial charge in [-0.25, -0.2) is 4.79 Å². The first kappa shape index (κ1) is 12.8. The molecule has 0 aromatic carbocycles. The first-order valence-corrected chi connectivity index (χ1v) is 6.24. The zero-order valence-electron chi connectivity index (χ0n) is 11.4. The van der Waals surface area contributed by atoms with Crippen LogP contribution in [0.2, 0.25) is 0 Å². The van der Waals surface area contributed by atoms with Crippen molar-refractivity contribution in [3.05, 3.63) is 17.8 Å². The van der Waals surface area contributed by atoms with Crippen molar-refractivity contribution in [1.29, 1.82) is 0 Å². The number of carbonyl (C=O) groups is 1. The molecule has 1 aliphatic heterocycles. The molecular weight excluding hydrogens is 230 g/mol. The van der Waals surface area contributed by atoms with Crippen LogP contribution in [0, 0.1) is 0 Å². The van der Waals surface area contributed by atoms with Crippen molar-refractivity contribution in [3.63, 3.8) is 0 Å². The van der Waals surface area contributed by atoms with Crippen LogP contribution in [0.1, 0.15) is 39.4 Å². The fourth-order valence-electron chi connectivity index (χ4n) is 2.25. The monoisotopic (exact) mass is 251 g/mol. The zero-order chi connectivity index (χ0) is 13.5. The van der Waals surface area contributed by atoms with E-state index in [0.29, 0.717) is 6.54 Å². The normalized spacial score (nSPS) is 19.6. The predicted molar refractivity (Wildman–Crippen MR) is 70.2 cm³/mol. The second-order valence-corrected chi connectivity index (χ2v) is 5.68. The molecule has 0 radical (unpaired) electrons. The minimum atomic E-state index is -0.463. The lowest BCUT2D eigenvalue weighted by molar-refractivity contribution is 0.0128. The van der Waals surface area contributed by atoms with E-state index in [2.05, 4.69) is 0 Å². The predicted octanol–water partition coefficient (Wildman–Crippen LogP) is 2.38. The highest BCUT2D eigenvalue weighted by Crippen LogP contribution is 2.29. The number of nitrogens with zero attached hydrogens (tertiary/aromatic N) is 2. The van der Waals surface area contributed by atoms with Crippen molar-refractivity contribution in [2.75, 3.05) is 12.3 Å². The molecule has 1 unspecified atom stereocenters. The van der Waals surface area contributed by atoms with Crippen LogP contribution in [-0.2, 0) is 11.3 Å². The van der Waals surface area contributed by atoms with E-state index in [1.807, 2.05) is 44.4 Å². The Hall–Kier alpha value is -1.65. The molecular formula is C13H21N3O2. The summed E-state index contributed by atoms with van der Waals surface area (Å²) in [6.07, 6.45) is -0.263. The third-order valence-electron chi connectivity index (χ3n) is 3.14. The summed E-state index contributed by atoms with van der Waals surface area (Å²) in [6.45, 7) is 8.97. The average Bonchev–Trinajstić information content (AvgIpc) is 2.59. The molecule has 1 amide bonds. The van der Waals surface area contributed by atoms with Gasteiger partial charge in [0.1, 0.15) is 11.4 Å². The fourth-order valence-corrected chi connectivity index (χ4v) is 2.25. The van der Waals surface area contributed by atoms with Crippen LogP contribution >= 0.6 is 0 Å². The molecule has 1 aromatic heterocycles. The molecule has 0 spiro atoms. The number of amides is 1. The molecule has 2 N–H and O–H groups in total. The highest BCUT2D eigenvalue weighted by Gasteiger charge is 2.31. The number of rotatable bonds is 0. The second-order valence-electron chi connectivity index (χ2n) is 5.68. The van der Waals surface area contributed by atoms with Gasteiger partial charge in [0.25, 0.3) is 0 Å². The van der Waals surface area contributed by atoms with Gasteiger partial charge in [-0.2, -0.15) is 0 Å². The summed E-state index contributed by atoms with van der Waals surface area (Å²) in [6, 6.07) is 3.84. The maximum Gasteiger partial charge on any atom is 0.410 e. The van der Waals surface area contributed by atoms with Crippen LogP contribution in [-0.4, -0.2) is 27.7 Å². The van der Waals surface area contributed by atoms with Gasteiger partial charge in [0.15, 0.2) is 0 Å². The molecule has 2 rings (SSSR count). The lowest BCUT2D eigenvalue weighted by Crippen LogP contribution is -2.43. The van der Waals surface area contributed by atoms with Gasteiger partial charge in [-0.1, -0.05) is 0 Å². The summed E-state index contributed by atoms with van der Waals surface area (Å²) in [5.74, 6) is 0.751. The van der Waals surface area contributed by atoms with Crippen molar-refractivity contribution in [3.8, 4) is 0 Å². The van der Waals surface area contributed by atoms with E-state index in [0.717, 1.165) is 18.1 Å². The van der Waals surface area contributed by atoms with Crippen molar-refractivity contribution < 1.29 is 9.53 Å². The lowest BCUT2D eigenvalue weighted by atomic mass is 10.1. The largest absolute Gasteiger partial charge is 0.444 e. The Morgan fingerprint density at radius 1 is 1.39 bits per heavy atom. The Kier molecular flexibility index (Phi) is 3.00. The van der Waals surface area contributed by atoms with E-state index in [9.17, 15) is 4.79 Å². The Morgan fingerprint density at radius 3 is 2.67 bits per heavy atom. The van der Waals surface area contributed by atoms with E-state index < -0.39 is 5.60 Å². The lowest BCUT2D eigenvalue weighted by Gasteiger charge is -2.36.